The van der Waals surface area contributed by atoms with E-state index in [2.05, 4.69) is 48.4 Å². The van der Waals surface area contributed by atoms with Crippen LogP contribution < -0.4 is 10.1 Å². The Kier molecular flexibility index (Phi) is 8.23. The fourth-order valence-electron chi connectivity index (χ4n) is 3.84. The number of thioether (sulfide) groups is 1. The average molecular weight is 551 g/mol. The van der Waals surface area contributed by atoms with Gasteiger partial charge in [-0.25, -0.2) is 4.79 Å². The molecule has 4 rings (SSSR count). The maximum absolute atomic E-state index is 12.8. The molecule has 0 spiro atoms. The summed E-state index contributed by atoms with van der Waals surface area (Å²) in [6.07, 6.45) is 0. The van der Waals surface area contributed by atoms with Crippen LogP contribution in [0.4, 0.5) is 5.00 Å². The van der Waals surface area contributed by atoms with Crippen LogP contribution in [-0.4, -0.2) is 46.6 Å². The van der Waals surface area contributed by atoms with E-state index in [4.69, 9.17) is 9.47 Å². The highest BCUT2D eigenvalue weighted by Crippen LogP contribution is 2.37. The lowest BCUT2D eigenvalue weighted by molar-refractivity contribution is -0.113. The molecule has 1 amide bonds. The molecule has 0 atom stereocenters. The van der Waals surface area contributed by atoms with Crippen molar-refractivity contribution in [1.29, 1.82) is 0 Å². The minimum absolute atomic E-state index is 0.0679. The molecule has 0 unspecified atom stereocenters. The molecule has 2 heterocycles. The van der Waals surface area contributed by atoms with Crippen LogP contribution in [0.2, 0.25) is 0 Å². The second-order valence-corrected chi connectivity index (χ2v) is 11.4. The Morgan fingerprint density at radius 2 is 1.66 bits per heavy atom. The summed E-state index contributed by atoms with van der Waals surface area (Å²) >= 11 is 2.55. The Bertz CT molecular complexity index is 1440. The van der Waals surface area contributed by atoms with E-state index in [0.29, 0.717) is 27.0 Å². The lowest BCUT2D eigenvalue weighted by Gasteiger charge is -2.19. The van der Waals surface area contributed by atoms with Gasteiger partial charge in [-0.2, -0.15) is 0 Å². The first kappa shape index (κ1) is 27.4. The van der Waals surface area contributed by atoms with Gasteiger partial charge in [0.2, 0.25) is 5.91 Å². The van der Waals surface area contributed by atoms with Gasteiger partial charge in [0.25, 0.3) is 0 Å². The smallest absolute Gasteiger partial charge is 0.341 e. The summed E-state index contributed by atoms with van der Waals surface area (Å²) in [6, 6.07) is 15.6. The van der Waals surface area contributed by atoms with Gasteiger partial charge in [-0.1, -0.05) is 68.9 Å². The number of esters is 1. The van der Waals surface area contributed by atoms with Crippen molar-refractivity contribution in [3.63, 3.8) is 0 Å². The number of benzene rings is 2. The number of amides is 1. The Labute approximate surface area is 230 Å². The van der Waals surface area contributed by atoms with Crippen molar-refractivity contribution in [2.24, 2.45) is 7.05 Å². The molecule has 38 heavy (non-hydrogen) atoms. The van der Waals surface area contributed by atoms with E-state index in [1.165, 1.54) is 35.8 Å². The van der Waals surface area contributed by atoms with E-state index in [1.807, 2.05) is 53.4 Å². The third-order valence-corrected chi connectivity index (χ3v) is 7.93. The number of nitrogens with one attached hydrogen (secondary N) is 1. The van der Waals surface area contributed by atoms with Crippen LogP contribution in [0.25, 0.3) is 22.5 Å². The molecule has 198 valence electrons. The van der Waals surface area contributed by atoms with Gasteiger partial charge in [0.15, 0.2) is 11.0 Å². The summed E-state index contributed by atoms with van der Waals surface area (Å²) in [6.45, 7) is 6.52. The standard InChI is InChI=1S/C28H30N4O4S2/c1-28(2,3)19-11-7-18(8-12-19)24-30-31-27(32(24)4)38-16-22(33)29-25-23(26(34)36-6)21(15-37-25)17-9-13-20(35-5)14-10-17/h7-15H,16H2,1-6H3,(H,29,33). The highest BCUT2D eigenvalue weighted by Gasteiger charge is 2.23. The molecule has 0 aliphatic heterocycles. The topological polar surface area (TPSA) is 95.3 Å². The first-order chi connectivity index (χ1) is 18.1. The van der Waals surface area contributed by atoms with E-state index in [1.54, 1.807) is 7.11 Å². The van der Waals surface area contributed by atoms with E-state index >= 15 is 0 Å². The molecule has 1 N–H and O–H groups in total. The third-order valence-electron chi connectivity index (χ3n) is 6.01. The molecule has 10 heteroatoms. The molecule has 8 nitrogen and oxygen atoms in total. The molecule has 0 aliphatic rings. The third kappa shape index (κ3) is 5.92. The SMILES string of the molecule is COC(=O)c1c(-c2ccc(OC)cc2)csc1NC(=O)CSc1nnc(-c2ccc(C(C)(C)C)cc2)n1C. The van der Waals surface area contributed by atoms with Gasteiger partial charge in [-0.3, -0.25) is 4.79 Å². The fourth-order valence-corrected chi connectivity index (χ4v) is 5.53. The molecular weight excluding hydrogens is 520 g/mol. The second kappa shape index (κ2) is 11.4. The number of anilines is 1. The summed E-state index contributed by atoms with van der Waals surface area (Å²) in [7, 11) is 4.79. The zero-order valence-corrected chi connectivity index (χ0v) is 23.8. The molecule has 0 bridgehead atoms. The van der Waals surface area contributed by atoms with Crippen LogP contribution in [0.1, 0.15) is 36.7 Å². The van der Waals surface area contributed by atoms with Crippen molar-refractivity contribution in [3.8, 4) is 28.3 Å². The van der Waals surface area contributed by atoms with Gasteiger partial charge >= 0.3 is 5.97 Å². The van der Waals surface area contributed by atoms with Crippen LogP contribution in [0.5, 0.6) is 5.75 Å². The van der Waals surface area contributed by atoms with Gasteiger partial charge in [0.05, 0.1) is 20.0 Å². The molecule has 0 saturated carbocycles. The maximum atomic E-state index is 12.8. The summed E-state index contributed by atoms with van der Waals surface area (Å²) in [5.74, 6) is 0.759. The Morgan fingerprint density at radius 1 is 1.00 bits per heavy atom. The largest absolute Gasteiger partial charge is 0.497 e. The lowest BCUT2D eigenvalue weighted by atomic mass is 9.87. The van der Waals surface area contributed by atoms with Gasteiger partial charge in [-0.15, -0.1) is 21.5 Å². The molecule has 0 fully saturated rings. The highest BCUT2D eigenvalue weighted by atomic mass is 32.2. The highest BCUT2D eigenvalue weighted by molar-refractivity contribution is 7.99. The number of hydrogen-bond donors (Lipinski definition) is 1. The normalized spacial score (nSPS) is 11.3. The molecule has 0 aliphatic carbocycles. The van der Waals surface area contributed by atoms with E-state index in [0.717, 1.165) is 17.0 Å². The van der Waals surface area contributed by atoms with Crippen molar-refractivity contribution >= 4 is 40.0 Å². The predicted octanol–water partition coefficient (Wildman–Crippen LogP) is 6.03. The molecule has 4 aromatic rings. The number of aromatic nitrogens is 3. The van der Waals surface area contributed by atoms with Crippen LogP contribution in [0.15, 0.2) is 59.1 Å². The molecule has 0 radical (unpaired) electrons. The number of rotatable bonds is 8. The average Bonchev–Trinajstić information content (AvgIpc) is 3.49. The molecular formula is C28H30N4O4S2. The van der Waals surface area contributed by atoms with E-state index in [9.17, 15) is 9.59 Å². The lowest BCUT2D eigenvalue weighted by Crippen LogP contribution is -2.16. The van der Waals surface area contributed by atoms with Crippen LogP contribution in [-0.2, 0) is 22.0 Å². The Hall–Kier alpha value is -3.63. The molecule has 0 saturated heterocycles. The van der Waals surface area contributed by atoms with Crippen LogP contribution >= 0.6 is 23.1 Å². The van der Waals surface area contributed by atoms with Gasteiger partial charge in [0, 0.05) is 23.6 Å². The minimum Gasteiger partial charge on any atom is -0.497 e. The Morgan fingerprint density at radius 3 is 2.26 bits per heavy atom. The summed E-state index contributed by atoms with van der Waals surface area (Å²) in [5.41, 5.74) is 4.09. The van der Waals surface area contributed by atoms with Gasteiger partial charge in [0.1, 0.15) is 16.3 Å². The fraction of sp³-hybridized carbons (Fsp3) is 0.286. The number of carbonyl (C=O) groups excluding carboxylic acids is 2. The van der Waals surface area contributed by atoms with Crippen molar-refractivity contribution in [2.45, 2.75) is 31.3 Å². The monoisotopic (exact) mass is 550 g/mol. The maximum Gasteiger partial charge on any atom is 0.341 e. The quantitative estimate of drug-likeness (QED) is 0.211. The minimum atomic E-state index is -0.518. The van der Waals surface area contributed by atoms with Gasteiger partial charge < -0.3 is 19.4 Å². The summed E-state index contributed by atoms with van der Waals surface area (Å²) < 4.78 is 12.1. The zero-order chi connectivity index (χ0) is 27.4. The molecule has 2 aromatic carbocycles. The van der Waals surface area contributed by atoms with Gasteiger partial charge in [-0.05, 0) is 28.7 Å². The number of thiophene rings is 1. The number of nitrogens with zero attached hydrogens (tertiary/aromatic N) is 3. The summed E-state index contributed by atoms with van der Waals surface area (Å²) in [5, 5.41) is 14.4. The predicted molar refractivity (Wildman–Crippen MR) is 152 cm³/mol. The number of ether oxygens (including phenoxy) is 2. The van der Waals surface area contributed by atoms with E-state index < -0.39 is 5.97 Å². The van der Waals surface area contributed by atoms with Crippen molar-refractivity contribution in [1.82, 2.24) is 14.8 Å². The van der Waals surface area contributed by atoms with Crippen LogP contribution in [0.3, 0.4) is 0 Å². The summed E-state index contributed by atoms with van der Waals surface area (Å²) in [4.78, 5) is 25.5. The number of hydrogen-bond acceptors (Lipinski definition) is 8. The van der Waals surface area contributed by atoms with E-state index in [-0.39, 0.29) is 17.1 Å². The first-order valence-electron chi connectivity index (χ1n) is 11.9. The molecule has 2 aromatic heterocycles. The number of carbonyl (C=O) groups is 2. The van der Waals surface area contributed by atoms with Crippen molar-refractivity contribution in [3.05, 3.63) is 65.0 Å². The number of methoxy groups -OCH3 is 2. The van der Waals surface area contributed by atoms with Crippen LogP contribution in [0, 0.1) is 0 Å². The first-order valence-corrected chi connectivity index (χ1v) is 13.8. The zero-order valence-electron chi connectivity index (χ0n) is 22.2. The second-order valence-electron chi connectivity index (χ2n) is 9.60. The van der Waals surface area contributed by atoms with Crippen molar-refractivity contribution in [2.75, 3.05) is 25.3 Å². The van der Waals surface area contributed by atoms with Crippen molar-refractivity contribution < 1.29 is 19.1 Å². The Balaban J connectivity index is 1.46.